The second kappa shape index (κ2) is 10.4. The Morgan fingerprint density at radius 3 is 1.49 bits per heavy atom. The van der Waals surface area contributed by atoms with Crippen molar-refractivity contribution in [2.45, 2.75) is 0 Å². The van der Waals surface area contributed by atoms with Gasteiger partial charge in [-0.15, -0.1) is 0 Å². The lowest BCUT2D eigenvalue weighted by atomic mass is 10.0. The normalized spacial score (nSPS) is 13.3. The number of nitro groups is 2. The van der Waals surface area contributed by atoms with Gasteiger partial charge in [0.25, 0.3) is 23.2 Å². The highest BCUT2D eigenvalue weighted by molar-refractivity contribution is 6.46. The molecule has 0 bridgehead atoms. The Kier molecular flexibility index (Phi) is 6.98. The van der Waals surface area contributed by atoms with Crippen LogP contribution in [-0.4, -0.2) is 55.0 Å². The minimum Gasteiger partial charge on any atom is -0.508 e. The molecule has 0 aliphatic carbocycles. The Bertz CT molecular complexity index is 1630. The fraction of sp³-hybridized carbons (Fsp3) is 0. The highest BCUT2D eigenvalue weighted by Crippen LogP contribution is 2.34. The van der Waals surface area contributed by atoms with Crippen LogP contribution in [0.15, 0.2) is 66.2 Å². The second-order valence-corrected chi connectivity index (χ2v) is 8.24. The smallest absolute Gasteiger partial charge is 0.343 e. The van der Waals surface area contributed by atoms with Gasteiger partial charge in [-0.05, 0) is 48.0 Å². The zero-order valence-electron chi connectivity index (χ0n) is 20.2. The molecule has 0 radical (unpaired) electrons. The van der Waals surface area contributed by atoms with Crippen molar-refractivity contribution in [2.75, 3.05) is 9.80 Å². The molecule has 3 N–H and O–H groups in total. The molecule has 1 saturated heterocycles. The van der Waals surface area contributed by atoms with Gasteiger partial charge in [0.15, 0.2) is 0 Å². The molecule has 16 nitrogen and oxygen atoms in total. The number of phenolic OH excluding ortho intramolecular Hbond substituents is 1. The highest BCUT2D eigenvalue weighted by atomic mass is 16.6. The van der Waals surface area contributed by atoms with Crippen molar-refractivity contribution >= 4 is 58.6 Å². The molecule has 0 atom stereocenters. The summed E-state index contributed by atoms with van der Waals surface area (Å²) in [7, 11) is 0. The lowest BCUT2D eigenvalue weighted by Crippen LogP contribution is -2.57. The predicted octanol–water partition coefficient (Wildman–Crippen LogP) is 3.19. The van der Waals surface area contributed by atoms with E-state index in [0.717, 1.165) is 30.3 Å². The Hall–Kier alpha value is -6.45. The topological polar surface area (TPSA) is 239 Å². The largest absolute Gasteiger partial charge is 0.508 e. The van der Waals surface area contributed by atoms with Crippen LogP contribution < -0.4 is 9.80 Å². The van der Waals surface area contributed by atoms with Crippen molar-refractivity contribution in [1.29, 1.82) is 0 Å². The number of barbiturate groups is 1. The molecular weight excluding hydrogens is 548 g/mol. The summed E-state index contributed by atoms with van der Waals surface area (Å²) in [6, 6.07) is 8.25. The van der Waals surface area contributed by atoms with E-state index in [-0.39, 0.29) is 11.3 Å². The number of nitrogens with zero attached hydrogens (tertiary/aromatic N) is 4. The lowest BCUT2D eigenvalue weighted by Gasteiger charge is -2.33. The Morgan fingerprint density at radius 1 is 0.707 bits per heavy atom. The Morgan fingerprint density at radius 2 is 1.12 bits per heavy atom. The number of hydrogen-bond donors (Lipinski definition) is 3. The first kappa shape index (κ1) is 27.6. The van der Waals surface area contributed by atoms with Gasteiger partial charge in [-0.1, -0.05) is 12.1 Å². The molecule has 4 rings (SSSR count). The molecule has 0 spiro atoms. The number of urea groups is 1. The molecular formula is C25H14N4O12. The van der Waals surface area contributed by atoms with E-state index in [9.17, 15) is 59.5 Å². The first-order valence-electron chi connectivity index (χ1n) is 11.1. The molecule has 0 saturated carbocycles. The molecule has 3 aromatic carbocycles. The average molecular weight is 562 g/mol. The van der Waals surface area contributed by atoms with Crippen LogP contribution in [0.5, 0.6) is 5.75 Å². The third kappa shape index (κ3) is 5.02. The first-order chi connectivity index (χ1) is 19.3. The van der Waals surface area contributed by atoms with Gasteiger partial charge in [0.05, 0.1) is 21.2 Å². The van der Waals surface area contributed by atoms with Crippen LogP contribution in [0.4, 0.5) is 27.5 Å². The number of hydrogen-bond acceptors (Lipinski definition) is 10. The van der Waals surface area contributed by atoms with Crippen molar-refractivity contribution in [3.8, 4) is 5.75 Å². The van der Waals surface area contributed by atoms with E-state index in [1.54, 1.807) is 0 Å². The average Bonchev–Trinajstić information content (AvgIpc) is 2.91. The number of carbonyl (C=O) groups is 5. The summed E-state index contributed by atoms with van der Waals surface area (Å²) < 4.78 is 0. The summed E-state index contributed by atoms with van der Waals surface area (Å²) in [5.41, 5.74) is -5.02. The maximum absolute atomic E-state index is 13.6. The molecule has 1 aliphatic heterocycles. The molecule has 16 heteroatoms. The Labute approximate surface area is 226 Å². The van der Waals surface area contributed by atoms with Crippen molar-refractivity contribution < 1.29 is 49.1 Å². The second-order valence-electron chi connectivity index (χ2n) is 8.24. The lowest BCUT2D eigenvalue weighted by molar-refractivity contribution is -0.385. The van der Waals surface area contributed by atoms with Gasteiger partial charge in [0.2, 0.25) is 0 Å². The maximum atomic E-state index is 13.6. The summed E-state index contributed by atoms with van der Waals surface area (Å²) >= 11 is 0. The van der Waals surface area contributed by atoms with Crippen molar-refractivity contribution in [2.24, 2.45) is 0 Å². The number of imide groups is 2. The minimum absolute atomic E-state index is 0.150. The number of rotatable bonds is 7. The van der Waals surface area contributed by atoms with Gasteiger partial charge in [-0.2, -0.15) is 0 Å². The van der Waals surface area contributed by atoms with Gasteiger partial charge < -0.3 is 15.3 Å². The zero-order valence-corrected chi connectivity index (χ0v) is 20.2. The third-order valence-electron chi connectivity index (χ3n) is 5.79. The summed E-state index contributed by atoms with van der Waals surface area (Å²) in [4.78, 5) is 85.0. The summed E-state index contributed by atoms with van der Waals surface area (Å²) in [5.74, 6) is -6.05. The van der Waals surface area contributed by atoms with Crippen LogP contribution in [0.1, 0.15) is 26.3 Å². The van der Waals surface area contributed by atoms with E-state index in [0.29, 0.717) is 21.9 Å². The van der Waals surface area contributed by atoms with Crippen LogP contribution >= 0.6 is 0 Å². The molecule has 41 heavy (non-hydrogen) atoms. The van der Waals surface area contributed by atoms with E-state index in [4.69, 9.17) is 0 Å². The number of phenols is 1. The molecule has 206 valence electrons. The van der Waals surface area contributed by atoms with Gasteiger partial charge in [-0.25, -0.2) is 24.2 Å². The number of benzene rings is 3. The number of anilines is 2. The number of carboxylic acids is 2. The standard InChI is InChI=1S/C25H14N4O12/c30-15-5-1-12(2-6-15)9-18-21(31)26(13-3-7-16(23(33)34)19(10-13)28(38)39)25(37)27(22(18)32)14-4-8-17(24(35)36)20(11-14)29(40)41/h1-11,30H,(H,33,34)(H,35,36). The number of aromatic hydroxyl groups is 1. The summed E-state index contributed by atoms with van der Waals surface area (Å²) in [5, 5.41) is 51.1. The molecule has 1 fully saturated rings. The van der Waals surface area contributed by atoms with Gasteiger partial charge >= 0.3 is 18.0 Å². The van der Waals surface area contributed by atoms with Crippen LogP contribution in [0.2, 0.25) is 0 Å². The number of carbonyl (C=O) groups excluding carboxylic acids is 3. The number of carboxylic acid groups (broad SMARTS) is 2. The molecule has 3 aromatic rings. The van der Waals surface area contributed by atoms with Crippen LogP contribution in [0.3, 0.4) is 0 Å². The van der Waals surface area contributed by atoms with Gasteiger partial charge in [-0.3, -0.25) is 29.8 Å². The fourth-order valence-electron chi connectivity index (χ4n) is 3.90. The monoisotopic (exact) mass is 562 g/mol. The molecule has 0 aromatic heterocycles. The molecule has 0 unspecified atom stereocenters. The molecule has 1 heterocycles. The predicted molar refractivity (Wildman–Crippen MR) is 137 cm³/mol. The number of amides is 4. The van der Waals surface area contributed by atoms with E-state index < -0.39 is 79.1 Å². The minimum atomic E-state index is -1.67. The van der Waals surface area contributed by atoms with Crippen molar-refractivity contribution in [3.05, 3.63) is 103 Å². The van der Waals surface area contributed by atoms with E-state index in [2.05, 4.69) is 0 Å². The number of aromatic carboxylic acids is 2. The Balaban J connectivity index is 1.95. The van der Waals surface area contributed by atoms with Crippen molar-refractivity contribution in [1.82, 2.24) is 0 Å². The molecule has 4 amide bonds. The van der Waals surface area contributed by atoms with E-state index in [1.807, 2.05) is 0 Å². The van der Waals surface area contributed by atoms with Gasteiger partial charge in [0, 0.05) is 12.1 Å². The quantitative estimate of drug-likeness (QED) is 0.163. The van der Waals surface area contributed by atoms with E-state index in [1.165, 1.54) is 24.3 Å². The highest BCUT2D eigenvalue weighted by Gasteiger charge is 2.45. The fourth-order valence-corrected chi connectivity index (χ4v) is 3.90. The summed E-state index contributed by atoms with van der Waals surface area (Å²) in [6.45, 7) is 0. The number of nitro benzene ring substituents is 2. The van der Waals surface area contributed by atoms with Gasteiger partial charge in [0.1, 0.15) is 22.4 Å². The third-order valence-corrected chi connectivity index (χ3v) is 5.79. The molecule has 1 aliphatic rings. The van der Waals surface area contributed by atoms with Crippen molar-refractivity contribution in [3.63, 3.8) is 0 Å². The van der Waals surface area contributed by atoms with Crippen LogP contribution in [0, 0.1) is 20.2 Å². The van der Waals surface area contributed by atoms with Crippen LogP contribution in [0.25, 0.3) is 6.08 Å². The van der Waals surface area contributed by atoms with Crippen LogP contribution in [-0.2, 0) is 9.59 Å². The SMILES string of the molecule is O=C(O)c1ccc(N2C(=O)C(=Cc3ccc(O)cc3)C(=O)N(c3ccc(C(=O)O)c([N+](=O)[O-])c3)C2=O)cc1[N+](=O)[O-]. The zero-order chi connectivity index (χ0) is 30.2. The summed E-state index contributed by atoms with van der Waals surface area (Å²) in [6.07, 6.45) is 1.02. The maximum Gasteiger partial charge on any atom is 0.343 e. The van der Waals surface area contributed by atoms with E-state index >= 15 is 0 Å². The first-order valence-corrected chi connectivity index (χ1v) is 11.1.